The number of anilines is 1. The first-order valence-electron chi connectivity index (χ1n) is 13.2. The van der Waals surface area contributed by atoms with Crippen LogP contribution >= 0.6 is 23.1 Å². The molecule has 2 aliphatic rings. The highest BCUT2D eigenvalue weighted by molar-refractivity contribution is 8.14. The highest BCUT2D eigenvalue weighted by atomic mass is 32.2. The van der Waals surface area contributed by atoms with Gasteiger partial charge in [0.1, 0.15) is 5.92 Å². The third kappa shape index (κ3) is 6.01. The fourth-order valence-electron chi connectivity index (χ4n) is 5.20. The number of thiophene rings is 1. The molecule has 0 spiro atoms. The molecule has 0 saturated carbocycles. The number of methoxy groups -OCH3 is 2. The van der Waals surface area contributed by atoms with Crippen LogP contribution in [0.25, 0.3) is 0 Å². The quantitative estimate of drug-likeness (QED) is 0.385. The van der Waals surface area contributed by atoms with Crippen LogP contribution in [0.15, 0.2) is 76.2 Å². The number of aliphatic imine (C=N–C) groups is 1. The lowest BCUT2D eigenvalue weighted by Gasteiger charge is -2.31. The summed E-state index contributed by atoms with van der Waals surface area (Å²) in [4.78, 5) is 34.3. The van der Waals surface area contributed by atoms with Gasteiger partial charge in [-0.05, 0) is 60.2 Å². The summed E-state index contributed by atoms with van der Waals surface area (Å²) in [6, 6.07) is 19.4. The van der Waals surface area contributed by atoms with Crippen molar-refractivity contribution in [3.8, 4) is 17.6 Å². The Hall–Kier alpha value is -4.07. The van der Waals surface area contributed by atoms with Crippen LogP contribution in [0.3, 0.4) is 0 Å². The zero-order valence-corrected chi connectivity index (χ0v) is 24.7. The number of allylic oxidation sites excluding steroid dienone is 1. The van der Waals surface area contributed by atoms with E-state index in [1.54, 1.807) is 21.1 Å². The molecular formula is C31H30N4O4S2. The van der Waals surface area contributed by atoms with Crippen LogP contribution in [-0.4, -0.2) is 48.3 Å². The van der Waals surface area contributed by atoms with Crippen LogP contribution < -0.4 is 14.8 Å². The fraction of sp³-hybridized carbons (Fsp3) is 0.290. The first-order chi connectivity index (χ1) is 19.9. The van der Waals surface area contributed by atoms with Crippen LogP contribution in [0, 0.1) is 17.2 Å². The van der Waals surface area contributed by atoms with Crippen LogP contribution in [0.1, 0.15) is 28.8 Å². The van der Waals surface area contributed by atoms with Gasteiger partial charge in [0.2, 0.25) is 5.91 Å². The summed E-state index contributed by atoms with van der Waals surface area (Å²) in [6.45, 7) is 2.86. The lowest BCUT2D eigenvalue weighted by atomic mass is 9.82. The molecule has 2 aromatic carbocycles. The molecule has 3 heterocycles. The molecule has 3 aromatic rings. The van der Waals surface area contributed by atoms with Crippen molar-refractivity contribution < 1.29 is 19.1 Å². The molecule has 0 aliphatic carbocycles. The largest absolute Gasteiger partial charge is 0.493 e. The SMILES string of the molecule is COc1cc2c(cc1OC)CN(C(=O)CSC1=NC(C)=C(C(=O)Nc3ccccc3)C(c3cccs3)C1C#N)CC2. The third-order valence-corrected chi connectivity index (χ3v) is 9.25. The molecule has 2 amide bonds. The minimum Gasteiger partial charge on any atom is -0.493 e. The lowest BCUT2D eigenvalue weighted by molar-refractivity contribution is -0.129. The van der Waals surface area contributed by atoms with E-state index in [0.717, 1.165) is 22.4 Å². The van der Waals surface area contributed by atoms with Crippen molar-refractivity contribution >= 4 is 45.6 Å². The molecule has 5 rings (SSSR count). The molecule has 0 bridgehead atoms. The van der Waals surface area contributed by atoms with Crippen molar-refractivity contribution in [2.45, 2.75) is 25.8 Å². The third-order valence-electron chi connectivity index (χ3n) is 7.26. The van der Waals surface area contributed by atoms with E-state index in [1.807, 2.05) is 64.9 Å². The van der Waals surface area contributed by atoms with Crippen LogP contribution in [0.4, 0.5) is 5.69 Å². The summed E-state index contributed by atoms with van der Waals surface area (Å²) in [6.07, 6.45) is 0.718. The Kier molecular flexibility index (Phi) is 8.76. The Labute approximate surface area is 247 Å². The Morgan fingerprint density at radius 2 is 1.85 bits per heavy atom. The van der Waals surface area contributed by atoms with Gasteiger partial charge in [-0.3, -0.25) is 9.59 Å². The topological polar surface area (TPSA) is 104 Å². The molecule has 1 aromatic heterocycles. The number of ether oxygens (including phenoxy) is 2. The Bertz CT molecular complexity index is 1540. The van der Waals surface area contributed by atoms with E-state index in [2.05, 4.69) is 11.4 Å². The number of benzene rings is 2. The second-order valence-corrected chi connectivity index (χ2v) is 11.7. The number of thioether (sulfide) groups is 1. The summed E-state index contributed by atoms with van der Waals surface area (Å²) in [5.74, 6) is -0.0201. The Morgan fingerprint density at radius 3 is 2.51 bits per heavy atom. The van der Waals surface area contributed by atoms with Crippen molar-refractivity contribution in [1.82, 2.24) is 4.90 Å². The summed E-state index contributed by atoms with van der Waals surface area (Å²) in [5.41, 5.74) is 3.86. The highest BCUT2D eigenvalue weighted by Gasteiger charge is 2.39. The molecule has 1 N–H and O–H groups in total. The smallest absolute Gasteiger partial charge is 0.254 e. The number of amides is 2. The minimum atomic E-state index is -0.689. The van der Waals surface area contributed by atoms with Crippen molar-refractivity contribution in [3.05, 3.63) is 87.3 Å². The van der Waals surface area contributed by atoms with Gasteiger partial charge >= 0.3 is 0 Å². The van der Waals surface area contributed by atoms with E-state index in [9.17, 15) is 14.9 Å². The molecule has 0 saturated heterocycles. The van der Waals surface area contributed by atoms with Crippen LogP contribution in [-0.2, 0) is 22.6 Å². The second kappa shape index (κ2) is 12.6. The maximum absolute atomic E-state index is 13.5. The maximum Gasteiger partial charge on any atom is 0.254 e. The predicted molar refractivity (Wildman–Crippen MR) is 162 cm³/mol. The standard InChI is InChI=1S/C31H30N4O4S2/c1-19-28(30(37)34-22-8-5-4-6-9-22)29(26-10-7-13-40-26)23(16-32)31(33-19)41-18-27(36)35-12-11-20-14-24(38-2)25(39-3)15-21(20)17-35/h4-10,13-15,23,29H,11-12,17-18H2,1-3H3,(H,34,37). The molecule has 41 heavy (non-hydrogen) atoms. The highest BCUT2D eigenvalue weighted by Crippen LogP contribution is 2.43. The van der Waals surface area contributed by atoms with Gasteiger partial charge < -0.3 is 19.7 Å². The van der Waals surface area contributed by atoms with Crippen molar-refractivity contribution in [2.24, 2.45) is 10.9 Å². The van der Waals surface area contributed by atoms with Gasteiger partial charge in [-0.25, -0.2) is 4.99 Å². The van der Waals surface area contributed by atoms with Crippen molar-refractivity contribution in [2.75, 3.05) is 31.8 Å². The Morgan fingerprint density at radius 1 is 1.12 bits per heavy atom. The van der Waals surface area contributed by atoms with Gasteiger partial charge in [-0.1, -0.05) is 36.0 Å². The van der Waals surface area contributed by atoms with E-state index in [0.29, 0.717) is 46.6 Å². The Balaban J connectivity index is 1.35. The van der Waals surface area contributed by atoms with Gasteiger partial charge in [0.05, 0.1) is 31.1 Å². The minimum absolute atomic E-state index is 0.0308. The predicted octanol–water partition coefficient (Wildman–Crippen LogP) is 5.63. The normalized spacial score (nSPS) is 18.2. The number of hydrogen-bond acceptors (Lipinski definition) is 8. The van der Waals surface area contributed by atoms with Gasteiger partial charge in [-0.15, -0.1) is 11.3 Å². The number of carbonyl (C=O) groups is 2. The number of rotatable bonds is 7. The van der Waals surface area contributed by atoms with Crippen LogP contribution in [0.5, 0.6) is 11.5 Å². The van der Waals surface area contributed by atoms with Gasteiger partial charge in [-0.2, -0.15) is 5.26 Å². The van der Waals surface area contributed by atoms with Crippen molar-refractivity contribution in [1.29, 1.82) is 5.26 Å². The van der Waals surface area contributed by atoms with Crippen LogP contribution in [0.2, 0.25) is 0 Å². The molecule has 10 heteroatoms. The zero-order chi connectivity index (χ0) is 28.9. The molecule has 8 nitrogen and oxygen atoms in total. The molecule has 2 atom stereocenters. The average molecular weight is 587 g/mol. The number of para-hydroxylation sites is 1. The number of carbonyl (C=O) groups excluding carboxylic acids is 2. The summed E-state index contributed by atoms with van der Waals surface area (Å²) in [5, 5.41) is 15.8. The summed E-state index contributed by atoms with van der Waals surface area (Å²) in [7, 11) is 3.21. The van der Waals surface area contributed by atoms with Crippen molar-refractivity contribution in [3.63, 3.8) is 0 Å². The molecule has 0 fully saturated rings. The van der Waals surface area contributed by atoms with Gasteiger partial charge in [0.15, 0.2) is 11.5 Å². The number of hydrogen-bond donors (Lipinski definition) is 1. The second-order valence-electron chi connectivity index (χ2n) is 9.70. The maximum atomic E-state index is 13.5. The van der Waals surface area contributed by atoms with E-state index in [-0.39, 0.29) is 17.6 Å². The van der Waals surface area contributed by atoms with Gasteiger partial charge in [0.25, 0.3) is 5.91 Å². The van der Waals surface area contributed by atoms with Gasteiger partial charge in [0, 0.05) is 40.8 Å². The first kappa shape index (κ1) is 28.5. The number of nitrogens with zero attached hydrogens (tertiary/aromatic N) is 3. The number of nitrogens with one attached hydrogen (secondary N) is 1. The van der Waals surface area contributed by atoms with E-state index in [1.165, 1.54) is 23.1 Å². The lowest BCUT2D eigenvalue weighted by Crippen LogP contribution is -2.38. The fourth-order valence-corrected chi connectivity index (χ4v) is 7.10. The molecule has 210 valence electrons. The molecular weight excluding hydrogens is 556 g/mol. The summed E-state index contributed by atoms with van der Waals surface area (Å²) >= 11 is 2.78. The first-order valence-corrected chi connectivity index (χ1v) is 15.0. The number of nitriles is 1. The summed E-state index contributed by atoms with van der Waals surface area (Å²) < 4.78 is 10.9. The monoisotopic (exact) mass is 586 g/mol. The molecule has 2 aliphatic heterocycles. The average Bonchev–Trinajstić information content (AvgIpc) is 3.53. The zero-order valence-electron chi connectivity index (χ0n) is 23.0. The van der Waals surface area contributed by atoms with E-state index >= 15 is 0 Å². The molecule has 2 unspecified atom stereocenters. The van der Waals surface area contributed by atoms with E-state index in [4.69, 9.17) is 14.5 Å². The van der Waals surface area contributed by atoms with E-state index < -0.39 is 11.8 Å². The number of fused-ring (bicyclic) bond motifs is 1. The molecule has 0 radical (unpaired) electrons.